The number of aliphatic hydroxyl groups excluding tert-OH is 1. The fourth-order valence-corrected chi connectivity index (χ4v) is 6.33. The van der Waals surface area contributed by atoms with Crippen LogP contribution in [0.2, 0.25) is 5.02 Å². The van der Waals surface area contributed by atoms with Crippen molar-refractivity contribution in [1.82, 2.24) is 9.78 Å². The zero-order chi connectivity index (χ0) is 29.0. The fraction of sp³-hybridized carbons (Fsp3) is 0.357. The summed E-state index contributed by atoms with van der Waals surface area (Å²) >= 11 is 6.24. The third-order valence-corrected chi connectivity index (χ3v) is 8.47. The topological polar surface area (TPSA) is 111 Å². The van der Waals surface area contributed by atoms with E-state index < -0.39 is 21.9 Å². The standard InChI is InChI=1S/C28H31ClFN3O6S/c1-4-32-17-26(28(31-32)38-13-12-34)40(36,37)33-16-21(10-8-19(3)35)39-25-11-9-20(15-24(25)33)14-18(2)27-22(29)6-5-7-23(27)30/h5-7,9,11,14-15,17,21,34H,4,8,10,12-13,16H2,1-3H3. The Bertz CT molecular complexity index is 1520. The van der Waals surface area contributed by atoms with Gasteiger partial charge >= 0.3 is 0 Å². The molecule has 1 aromatic heterocycles. The van der Waals surface area contributed by atoms with Crippen LogP contribution in [0.3, 0.4) is 0 Å². The molecule has 1 unspecified atom stereocenters. The van der Waals surface area contributed by atoms with Crippen LogP contribution in [0.25, 0.3) is 11.6 Å². The number of anilines is 1. The Morgan fingerprint density at radius 2 is 2.08 bits per heavy atom. The van der Waals surface area contributed by atoms with Crippen molar-refractivity contribution in [3.63, 3.8) is 0 Å². The van der Waals surface area contributed by atoms with Gasteiger partial charge in [0.05, 0.1) is 23.9 Å². The van der Waals surface area contributed by atoms with Gasteiger partial charge in [0.2, 0.25) is 0 Å². The van der Waals surface area contributed by atoms with Crippen molar-refractivity contribution in [2.24, 2.45) is 0 Å². The molecule has 2 heterocycles. The molecule has 12 heteroatoms. The van der Waals surface area contributed by atoms with Gasteiger partial charge in [0.25, 0.3) is 15.9 Å². The summed E-state index contributed by atoms with van der Waals surface area (Å²) in [6, 6.07) is 9.47. The summed E-state index contributed by atoms with van der Waals surface area (Å²) in [5.41, 5.74) is 1.68. The first-order valence-corrected chi connectivity index (χ1v) is 14.6. The van der Waals surface area contributed by atoms with Crippen molar-refractivity contribution < 1.29 is 32.2 Å². The lowest BCUT2D eigenvalue weighted by Crippen LogP contribution is -2.43. The van der Waals surface area contributed by atoms with Crippen LogP contribution in [0, 0.1) is 5.82 Å². The Labute approximate surface area is 237 Å². The van der Waals surface area contributed by atoms with E-state index in [0.29, 0.717) is 29.9 Å². The number of fused-ring (bicyclic) bond motifs is 1. The minimum Gasteiger partial charge on any atom is -0.486 e. The Balaban J connectivity index is 1.80. The van der Waals surface area contributed by atoms with E-state index in [1.807, 2.05) is 6.92 Å². The van der Waals surface area contributed by atoms with Crippen LogP contribution in [-0.2, 0) is 21.4 Å². The van der Waals surface area contributed by atoms with Crippen LogP contribution < -0.4 is 13.8 Å². The highest BCUT2D eigenvalue weighted by Gasteiger charge is 2.37. The number of carbonyl (C=O) groups is 1. The summed E-state index contributed by atoms with van der Waals surface area (Å²) in [5, 5.41) is 13.7. The quantitative estimate of drug-likeness (QED) is 0.314. The van der Waals surface area contributed by atoms with Crippen LogP contribution in [0.4, 0.5) is 10.1 Å². The predicted molar refractivity (Wildman–Crippen MR) is 151 cm³/mol. The molecule has 40 heavy (non-hydrogen) atoms. The van der Waals surface area contributed by atoms with Gasteiger partial charge in [-0.15, -0.1) is 5.10 Å². The van der Waals surface area contributed by atoms with Gasteiger partial charge < -0.3 is 19.4 Å². The molecule has 1 N–H and O–H groups in total. The summed E-state index contributed by atoms with van der Waals surface area (Å²) in [7, 11) is -4.23. The van der Waals surface area contributed by atoms with Crippen molar-refractivity contribution in [3.05, 3.63) is 64.6 Å². The number of aliphatic hydroxyl groups is 1. The van der Waals surface area contributed by atoms with E-state index in [0.717, 1.165) is 0 Å². The summed E-state index contributed by atoms with van der Waals surface area (Å²) in [6.07, 6.45) is 3.08. The van der Waals surface area contributed by atoms with Crippen molar-refractivity contribution in [1.29, 1.82) is 0 Å². The average Bonchev–Trinajstić information content (AvgIpc) is 3.34. The maximum absolute atomic E-state index is 14.5. The summed E-state index contributed by atoms with van der Waals surface area (Å²) in [6.45, 7) is 4.91. The molecule has 4 rings (SSSR count). The van der Waals surface area contributed by atoms with Crippen LogP contribution in [0.1, 0.15) is 44.7 Å². The highest BCUT2D eigenvalue weighted by molar-refractivity contribution is 7.93. The van der Waals surface area contributed by atoms with Crippen LogP contribution in [0.5, 0.6) is 11.6 Å². The largest absolute Gasteiger partial charge is 0.486 e. The molecular formula is C28H31ClFN3O6S. The van der Waals surface area contributed by atoms with Gasteiger partial charge in [-0.05, 0) is 62.6 Å². The predicted octanol–water partition coefficient (Wildman–Crippen LogP) is 4.95. The van der Waals surface area contributed by atoms with Crippen molar-refractivity contribution in [3.8, 4) is 11.6 Å². The van der Waals surface area contributed by atoms with E-state index in [1.165, 1.54) is 34.2 Å². The van der Waals surface area contributed by atoms with E-state index in [1.54, 1.807) is 37.3 Å². The number of Topliss-reactive ketones (excluding diaryl/α,β-unsaturated/α-hetero) is 1. The van der Waals surface area contributed by atoms with E-state index in [-0.39, 0.29) is 59.0 Å². The van der Waals surface area contributed by atoms with Gasteiger partial charge in [-0.1, -0.05) is 29.8 Å². The Kier molecular flexibility index (Phi) is 9.17. The number of ether oxygens (including phenoxy) is 2. The normalized spacial score (nSPS) is 15.5. The minimum atomic E-state index is -4.23. The van der Waals surface area contributed by atoms with Gasteiger partial charge in [-0.3, -0.25) is 8.99 Å². The maximum Gasteiger partial charge on any atom is 0.271 e. The first kappa shape index (κ1) is 29.6. The first-order chi connectivity index (χ1) is 19.0. The van der Waals surface area contributed by atoms with Crippen molar-refractivity contribution in [2.45, 2.75) is 51.2 Å². The Morgan fingerprint density at radius 1 is 1.30 bits per heavy atom. The second-order valence-electron chi connectivity index (χ2n) is 9.39. The van der Waals surface area contributed by atoms with Gasteiger partial charge in [0.15, 0.2) is 4.90 Å². The molecule has 9 nitrogen and oxygen atoms in total. The molecule has 0 amide bonds. The zero-order valence-electron chi connectivity index (χ0n) is 22.4. The molecule has 0 bridgehead atoms. The van der Waals surface area contributed by atoms with Gasteiger partial charge in [-0.2, -0.15) is 0 Å². The van der Waals surface area contributed by atoms with Crippen LogP contribution in [-0.4, -0.2) is 55.0 Å². The number of aryl methyl sites for hydroxylation is 1. The summed E-state index contributed by atoms with van der Waals surface area (Å²) in [5.74, 6) is -0.299. The smallest absolute Gasteiger partial charge is 0.271 e. The van der Waals surface area contributed by atoms with E-state index in [9.17, 15) is 22.7 Å². The molecule has 0 fully saturated rings. The maximum atomic E-state index is 14.5. The van der Waals surface area contributed by atoms with Gasteiger partial charge in [-0.25, -0.2) is 12.8 Å². The lowest BCUT2D eigenvalue weighted by Gasteiger charge is -2.35. The third kappa shape index (κ3) is 6.32. The molecule has 214 valence electrons. The number of nitrogens with zero attached hydrogens (tertiary/aromatic N) is 3. The number of halogens is 2. The fourth-order valence-electron chi connectivity index (χ4n) is 4.44. The Hall–Kier alpha value is -3.41. The number of sulfonamides is 1. The first-order valence-electron chi connectivity index (χ1n) is 12.8. The number of hydrogen-bond acceptors (Lipinski definition) is 7. The van der Waals surface area contributed by atoms with Crippen LogP contribution >= 0.6 is 11.6 Å². The van der Waals surface area contributed by atoms with Crippen molar-refractivity contribution in [2.75, 3.05) is 24.1 Å². The molecule has 0 spiro atoms. The molecule has 1 aliphatic rings. The van der Waals surface area contributed by atoms with Crippen LogP contribution in [0.15, 0.2) is 47.5 Å². The second kappa shape index (κ2) is 12.4. The van der Waals surface area contributed by atoms with Crippen molar-refractivity contribution >= 4 is 44.7 Å². The van der Waals surface area contributed by atoms with E-state index >= 15 is 0 Å². The molecule has 0 saturated heterocycles. The SMILES string of the molecule is CCn1cc(S(=O)(=O)N2CC(CCC(C)=O)Oc3ccc(C=C(C)c4c(F)cccc4Cl)cc32)c(OCCO)n1. The molecular weight excluding hydrogens is 561 g/mol. The second-order valence-corrected chi connectivity index (χ2v) is 11.6. The molecule has 3 aromatic rings. The number of ketones is 1. The number of benzene rings is 2. The number of allylic oxidation sites excluding steroid dienone is 1. The van der Waals surface area contributed by atoms with Gasteiger partial charge in [0, 0.05) is 24.7 Å². The Morgan fingerprint density at radius 3 is 2.75 bits per heavy atom. The highest BCUT2D eigenvalue weighted by atomic mass is 35.5. The van der Waals surface area contributed by atoms with E-state index in [4.69, 9.17) is 21.1 Å². The molecule has 0 aliphatic carbocycles. The third-order valence-electron chi connectivity index (χ3n) is 6.39. The molecule has 0 saturated carbocycles. The number of rotatable bonds is 11. The molecule has 1 atom stereocenters. The summed E-state index contributed by atoms with van der Waals surface area (Å²) < 4.78 is 57.0. The number of hydrogen-bond donors (Lipinski definition) is 1. The van der Waals surface area contributed by atoms with Gasteiger partial charge in [0.1, 0.15) is 30.1 Å². The monoisotopic (exact) mass is 591 g/mol. The molecule has 1 aliphatic heterocycles. The van der Waals surface area contributed by atoms with E-state index in [2.05, 4.69) is 5.10 Å². The highest BCUT2D eigenvalue weighted by Crippen LogP contribution is 2.41. The molecule has 0 radical (unpaired) electrons. The summed E-state index contributed by atoms with van der Waals surface area (Å²) in [4.78, 5) is 11.5. The number of aromatic nitrogens is 2. The average molecular weight is 592 g/mol. The lowest BCUT2D eigenvalue weighted by atomic mass is 10.0. The minimum absolute atomic E-state index is 0.0320. The zero-order valence-corrected chi connectivity index (χ0v) is 24.0. The lowest BCUT2D eigenvalue weighted by molar-refractivity contribution is -0.117. The number of carbonyl (C=O) groups excluding carboxylic acids is 1. The molecule has 2 aromatic carbocycles.